The Bertz CT molecular complexity index is 840. The van der Waals surface area contributed by atoms with E-state index >= 15 is 0 Å². The molecule has 0 atom stereocenters. The number of sulfonamides is 1. The second-order valence-corrected chi connectivity index (χ2v) is 7.27. The van der Waals surface area contributed by atoms with Crippen LogP contribution in [0, 0.1) is 6.92 Å². The third kappa shape index (κ3) is 3.30. The molecule has 2 aromatic rings. The lowest BCUT2D eigenvalue weighted by molar-refractivity contribution is 0.0943. The van der Waals surface area contributed by atoms with Crippen molar-refractivity contribution in [1.82, 2.24) is 10.3 Å². The van der Waals surface area contributed by atoms with E-state index in [1.54, 1.807) is 19.1 Å². The topological polar surface area (TPSA) is 88.4 Å². The molecule has 0 bridgehead atoms. The molecule has 2 N–H and O–H groups in total. The number of rotatable bonds is 4. The lowest BCUT2D eigenvalue weighted by atomic mass is 9.92. The third-order valence-corrected chi connectivity index (χ3v) is 5.28. The molecule has 0 radical (unpaired) electrons. The highest BCUT2D eigenvalue weighted by atomic mass is 32.2. The SMILES string of the molecule is Cc1occc1C(=O)NNS(=O)(=O)c1ccc2c(c1)CCCC2. The summed E-state index contributed by atoms with van der Waals surface area (Å²) in [5.74, 6) is -0.131. The molecule has 7 heteroatoms. The number of hydrazine groups is 1. The molecular weight excluding hydrogens is 316 g/mol. The van der Waals surface area contributed by atoms with E-state index < -0.39 is 15.9 Å². The minimum absolute atomic E-state index is 0.155. The van der Waals surface area contributed by atoms with Crippen LogP contribution in [0.25, 0.3) is 0 Å². The van der Waals surface area contributed by atoms with Gasteiger partial charge in [-0.2, -0.15) is 0 Å². The Hall–Kier alpha value is -2.12. The molecule has 0 aliphatic heterocycles. The van der Waals surface area contributed by atoms with Gasteiger partial charge in [0.15, 0.2) is 0 Å². The normalized spacial score (nSPS) is 14.3. The fraction of sp³-hybridized carbons (Fsp3) is 0.312. The van der Waals surface area contributed by atoms with Crippen molar-refractivity contribution in [3.63, 3.8) is 0 Å². The zero-order valence-corrected chi connectivity index (χ0v) is 13.6. The van der Waals surface area contributed by atoms with E-state index in [9.17, 15) is 13.2 Å². The Labute approximate surface area is 134 Å². The monoisotopic (exact) mass is 334 g/mol. The zero-order valence-electron chi connectivity index (χ0n) is 12.8. The highest BCUT2D eigenvalue weighted by Gasteiger charge is 2.19. The van der Waals surface area contributed by atoms with Gasteiger partial charge in [0.2, 0.25) is 0 Å². The highest BCUT2D eigenvalue weighted by molar-refractivity contribution is 7.89. The van der Waals surface area contributed by atoms with Gasteiger partial charge in [-0.3, -0.25) is 10.2 Å². The first kappa shape index (κ1) is 15.8. The summed E-state index contributed by atoms with van der Waals surface area (Å²) in [6.45, 7) is 1.63. The minimum atomic E-state index is -3.81. The first-order valence-corrected chi connectivity index (χ1v) is 8.94. The Kier molecular flexibility index (Phi) is 4.23. The number of aryl methyl sites for hydroxylation is 3. The van der Waals surface area contributed by atoms with E-state index in [4.69, 9.17) is 4.42 Å². The van der Waals surface area contributed by atoms with Gasteiger partial charge in [-0.1, -0.05) is 6.07 Å². The van der Waals surface area contributed by atoms with Crippen molar-refractivity contribution in [3.8, 4) is 0 Å². The van der Waals surface area contributed by atoms with Crippen molar-refractivity contribution >= 4 is 15.9 Å². The molecule has 1 aliphatic carbocycles. The van der Waals surface area contributed by atoms with E-state index in [1.165, 1.54) is 17.9 Å². The van der Waals surface area contributed by atoms with Gasteiger partial charge in [0.1, 0.15) is 5.76 Å². The van der Waals surface area contributed by atoms with Crippen LogP contribution >= 0.6 is 0 Å². The van der Waals surface area contributed by atoms with Crippen molar-refractivity contribution in [2.75, 3.05) is 0 Å². The first-order chi connectivity index (χ1) is 11.0. The summed E-state index contributed by atoms with van der Waals surface area (Å²) in [5, 5.41) is 0. The van der Waals surface area contributed by atoms with Crippen LogP contribution < -0.4 is 10.3 Å². The predicted octanol–water partition coefficient (Wildman–Crippen LogP) is 2.09. The predicted molar refractivity (Wildman–Crippen MR) is 84.3 cm³/mol. The molecule has 1 aliphatic rings. The van der Waals surface area contributed by atoms with Gasteiger partial charge in [0, 0.05) is 0 Å². The number of furan rings is 1. The quantitative estimate of drug-likeness (QED) is 0.838. The number of hydrogen-bond acceptors (Lipinski definition) is 4. The van der Waals surface area contributed by atoms with Gasteiger partial charge in [0.25, 0.3) is 15.9 Å². The number of benzene rings is 1. The van der Waals surface area contributed by atoms with Gasteiger partial charge >= 0.3 is 0 Å². The van der Waals surface area contributed by atoms with Crippen LogP contribution in [0.2, 0.25) is 0 Å². The zero-order chi connectivity index (χ0) is 16.4. The molecule has 122 valence electrons. The average molecular weight is 334 g/mol. The van der Waals surface area contributed by atoms with E-state index in [0.29, 0.717) is 5.76 Å². The van der Waals surface area contributed by atoms with Gasteiger partial charge in [-0.25, -0.2) is 8.42 Å². The molecule has 6 nitrogen and oxygen atoms in total. The van der Waals surface area contributed by atoms with Gasteiger partial charge in [-0.05, 0) is 61.9 Å². The van der Waals surface area contributed by atoms with Crippen LogP contribution in [0.4, 0.5) is 0 Å². The number of hydrogen-bond donors (Lipinski definition) is 2. The molecule has 1 amide bonds. The fourth-order valence-corrected chi connectivity index (χ4v) is 3.63. The molecular formula is C16H18N2O4S. The standard InChI is InChI=1S/C16H18N2O4S/c1-11-15(8-9-22-11)16(19)17-18-23(20,21)14-7-6-12-4-2-3-5-13(12)10-14/h6-10,18H,2-5H2,1H3,(H,17,19). The van der Waals surface area contributed by atoms with Crippen molar-refractivity contribution in [2.45, 2.75) is 37.5 Å². The second kappa shape index (κ2) is 6.17. The smallest absolute Gasteiger partial charge is 0.269 e. The summed E-state index contributed by atoms with van der Waals surface area (Å²) >= 11 is 0. The third-order valence-electron chi connectivity index (χ3n) is 4.03. The van der Waals surface area contributed by atoms with Crippen molar-refractivity contribution in [1.29, 1.82) is 0 Å². The second-order valence-electron chi connectivity index (χ2n) is 5.59. The number of fused-ring (bicyclic) bond motifs is 1. The maximum Gasteiger partial charge on any atom is 0.269 e. The molecule has 0 saturated carbocycles. The van der Waals surface area contributed by atoms with E-state index in [1.807, 2.05) is 6.07 Å². The number of amides is 1. The lowest BCUT2D eigenvalue weighted by Gasteiger charge is -2.16. The summed E-state index contributed by atoms with van der Waals surface area (Å²) in [6, 6.07) is 6.59. The van der Waals surface area contributed by atoms with Crippen molar-refractivity contribution < 1.29 is 17.6 Å². The number of carbonyl (C=O) groups is 1. The van der Waals surface area contributed by atoms with Crippen LogP contribution in [0.15, 0.2) is 39.8 Å². The highest BCUT2D eigenvalue weighted by Crippen LogP contribution is 2.23. The molecule has 1 aromatic heterocycles. The number of nitrogens with one attached hydrogen (secondary N) is 2. The van der Waals surface area contributed by atoms with Crippen LogP contribution in [0.5, 0.6) is 0 Å². The first-order valence-electron chi connectivity index (χ1n) is 7.45. The van der Waals surface area contributed by atoms with Crippen LogP contribution in [-0.4, -0.2) is 14.3 Å². The molecule has 1 aromatic carbocycles. The maximum atomic E-state index is 12.3. The largest absolute Gasteiger partial charge is 0.469 e. The van der Waals surface area contributed by atoms with Crippen molar-refractivity contribution in [2.24, 2.45) is 0 Å². The van der Waals surface area contributed by atoms with Crippen molar-refractivity contribution in [3.05, 3.63) is 53.0 Å². The Morgan fingerprint density at radius 1 is 1.13 bits per heavy atom. The Balaban J connectivity index is 1.74. The van der Waals surface area contributed by atoms with Gasteiger partial charge < -0.3 is 4.42 Å². The van der Waals surface area contributed by atoms with E-state index in [0.717, 1.165) is 31.2 Å². The summed E-state index contributed by atoms with van der Waals surface area (Å²) in [4.78, 5) is 14.2. The maximum absolute atomic E-state index is 12.3. The van der Waals surface area contributed by atoms with Crippen LogP contribution in [0.1, 0.15) is 40.1 Å². The average Bonchev–Trinajstić information content (AvgIpc) is 2.98. The van der Waals surface area contributed by atoms with E-state index in [2.05, 4.69) is 10.3 Å². The molecule has 1 heterocycles. The summed E-state index contributed by atoms with van der Waals surface area (Å²) < 4.78 is 29.7. The molecule has 0 fully saturated rings. The molecule has 23 heavy (non-hydrogen) atoms. The molecule has 0 saturated heterocycles. The van der Waals surface area contributed by atoms with Gasteiger partial charge in [-0.15, -0.1) is 4.83 Å². The molecule has 0 unspecified atom stereocenters. The Morgan fingerprint density at radius 3 is 2.57 bits per heavy atom. The van der Waals surface area contributed by atoms with E-state index in [-0.39, 0.29) is 10.5 Å². The summed E-state index contributed by atoms with van der Waals surface area (Å²) in [7, 11) is -3.81. The summed E-state index contributed by atoms with van der Waals surface area (Å²) in [5.41, 5.74) is 4.77. The number of carbonyl (C=O) groups excluding carboxylic acids is 1. The molecule has 3 rings (SSSR count). The lowest BCUT2D eigenvalue weighted by Crippen LogP contribution is -2.41. The Morgan fingerprint density at radius 2 is 1.87 bits per heavy atom. The molecule has 0 spiro atoms. The minimum Gasteiger partial charge on any atom is -0.469 e. The van der Waals surface area contributed by atoms with Gasteiger partial charge in [0.05, 0.1) is 16.7 Å². The van der Waals surface area contributed by atoms with Crippen LogP contribution in [0.3, 0.4) is 0 Å². The fourth-order valence-electron chi connectivity index (χ4n) is 2.74. The van der Waals surface area contributed by atoms with Crippen LogP contribution in [-0.2, 0) is 22.9 Å². The summed E-state index contributed by atoms with van der Waals surface area (Å²) in [6.07, 6.45) is 5.46.